The van der Waals surface area contributed by atoms with Gasteiger partial charge in [0.25, 0.3) is 11.8 Å². The summed E-state index contributed by atoms with van der Waals surface area (Å²) in [5, 5.41) is 18.4. The maximum atomic E-state index is 13.7. The maximum Gasteiger partial charge on any atom is 0.254 e. The molecule has 0 aliphatic heterocycles. The molecule has 2 amide bonds. The van der Waals surface area contributed by atoms with Gasteiger partial charge in [-0.15, -0.1) is 0 Å². The number of amides is 2. The number of benzene rings is 4. The molecular formula is C39H45N3O4. The Morgan fingerprint density at radius 1 is 0.870 bits per heavy atom. The molecule has 1 fully saturated rings. The molecule has 1 saturated carbocycles. The van der Waals surface area contributed by atoms with Gasteiger partial charge >= 0.3 is 0 Å². The highest BCUT2D eigenvalue weighted by Crippen LogP contribution is 2.39. The van der Waals surface area contributed by atoms with Crippen molar-refractivity contribution >= 4 is 11.8 Å². The standard InChI is InChI=1S/C39H45N3O4/c1-28(30-16-8-5-9-17-30)42(2)38(45)32-19-12-18-31(25-32)37(44)41-35(24-29-14-6-4-7-15-29)36(43)27-40-39(22-10-11-23-39)33-20-13-21-34(26-33)46-3/h4-9,12-21,25-26,28,35-36,40,43H,10-11,22-24,27H2,1-3H3,(H,41,44)/t28-,35+,36-/m1/s1. The predicted octanol–water partition coefficient (Wildman–Crippen LogP) is 6.29. The van der Waals surface area contributed by atoms with Crippen LogP contribution in [-0.4, -0.2) is 54.7 Å². The molecule has 0 bridgehead atoms. The molecule has 1 aliphatic rings. The van der Waals surface area contributed by atoms with Gasteiger partial charge in [0.1, 0.15) is 5.75 Å². The number of ether oxygens (including phenoxy) is 1. The van der Waals surface area contributed by atoms with Gasteiger partial charge in [-0.1, -0.05) is 91.7 Å². The molecule has 46 heavy (non-hydrogen) atoms. The second-order valence-corrected chi connectivity index (χ2v) is 12.3. The number of nitrogens with zero attached hydrogens (tertiary/aromatic N) is 1. The summed E-state index contributed by atoms with van der Waals surface area (Å²) in [5.41, 5.74) is 3.72. The van der Waals surface area contributed by atoms with Crippen molar-refractivity contribution in [1.29, 1.82) is 0 Å². The van der Waals surface area contributed by atoms with Gasteiger partial charge in [-0.3, -0.25) is 9.59 Å². The third-order valence-corrected chi connectivity index (χ3v) is 9.36. The lowest BCUT2D eigenvalue weighted by molar-refractivity contribution is 0.0742. The summed E-state index contributed by atoms with van der Waals surface area (Å²) in [7, 11) is 3.44. The monoisotopic (exact) mass is 619 g/mol. The maximum absolute atomic E-state index is 13.7. The Labute approximate surface area is 272 Å². The molecule has 4 aromatic carbocycles. The number of aliphatic hydroxyl groups is 1. The molecule has 0 unspecified atom stereocenters. The van der Waals surface area contributed by atoms with Gasteiger partial charge < -0.3 is 25.4 Å². The number of hydrogen-bond acceptors (Lipinski definition) is 5. The number of carbonyl (C=O) groups excluding carboxylic acids is 2. The summed E-state index contributed by atoms with van der Waals surface area (Å²) in [6, 6.07) is 33.9. The highest BCUT2D eigenvalue weighted by atomic mass is 16.5. The first-order chi connectivity index (χ1) is 22.3. The fourth-order valence-corrected chi connectivity index (χ4v) is 6.44. The van der Waals surface area contributed by atoms with E-state index in [0.717, 1.165) is 48.1 Å². The summed E-state index contributed by atoms with van der Waals surface area (Å²) < 4.78 is 5.49. The molecule has 3 atom stereocenters. The molecular weight excluding hydrogens is 574 g/mol. The number of hydrogen-bond donors (Lipinski definition) is 3. The quantitative estimate of drug-likeness (QED) is 0.164. The molecule has 0 spiro atoms. The van der Waals surface area contributed by atoms with Gasteiger partial charge in [0, 0.05) is 30.3 Å². The third-order valence-electron chi connectivity index (χ3n) is 9.36. The number of nitrogens with one attached hydrogen (secondary N) is 2. The van der Waals surface area contributed by atoms with Crippen molar-refractivity contribution in [2.24, 2.45) is 0 Å². The highest BCUT2D eigenvalue weighted by molar-refractivity contribution is 5.99. The average Bonchev–Trinajstić information content (AvgIpc) is 3.60. The second-order valence-electron chi connectivity index (χ2n) is 12.3. The van der Waals surface area contributed by atoms with E-state index in [1.807, 2.05) is 79.7 Å². The fraction of sp³-hybridized carbons (Fsp3) is 0.333. The number of aliphatic hydroxyl groups excluding tert-OH is 1. The van der Waals surface area contributed by atoms with E-state index in [2.05, 4.69) is 22.8 Å². The Kier molecular flexibility index (Phi) is 10.9. The molecule has 4 aromatic rings. The first kappa shape index (κ1) is 32.9. The average molecular weight is 620 g/mol. The van der Waals surface area contributed by atoms with E-state index in [-0.39, 0.29) is 23.4 Å². The van der Waals surface area contributed by atoms with Gasteiger partial charge in [0.05, 0.1) is 25.3 Å². The van der Waals surface area contributed by atoms with Crippen molar-refractivity contribution in [1.82, 2.24) is 15.5 Å². The fourth-order valence-electron chi connectivity index (χ4n) is 6.44. The normalized spacial score (nSPS) is 15.8. The van der Waals surface area contributed by atoms with Gasteiger partial charge in [-0.2, -0.15) is 0 Å². The first-order valence-corrected chi connectivity index (χ1v) is 16.1. The van der Waals surface area contributed by atoms with Gasteiger partial charge in [0.2, 0.25) is 0 Å². The second kappa shape index (κ2) is 15.2. The molecule has 240 valence electrons. The van der Waals surface area contributed by atoms with E-state index in [1.54, 1.807) is 43.3 Å². The molecule has 0 saturated heterocycles. The Hall–Kier alpha value is -4.46. The van der Waals surface area contributed by atoms with Crippen LogP contribution in [0.2, 0.25) is 0 Å². The first-order valence-electron chi connectivity index (χ1n) is 16.1. The zero-order valence-corrected chi connectivity index (χ0v) is 27.0. The Morgan fingerprint density at radius 2 is 1.52 bits per heavy atom. The third kappa shape index (κ3) is 7.84. The highest BCUT2D eigenvalue weighted by Gasteiger charge is 2.36. The number of rotatable bonds is 13. The predicted molar refractivity (Wildman–Crippen MR) is 182 cm³/mol. The van der Waals surface area contributed by atoms with E-state index in [1.165, 1.54) is 0 Å². The summed E-state index contributed by atoms with van der Waals surface area (Å²) in [5.74, 6) is 0.300. The van der Waals surface area contributed by atoms with Crippen LogP contribution < -0.4 is 15.4 Å². The SMILES string of the molecule is COc1cccc(C2(NC[C@@H](O)[C@H](Cc3ccccc3)NC(=O)c3cccc(C(=O)N(C)[C@H](C)c4ccccc4)c3)CCCC2)c1. The number of carbonyl (C=O) groups is 2. The van der Waals surface area contributed by atoms with Crippen LogP contribution in [0.5, 0.6) is 5.75 Å². The zero-order valence-electron chi connectivity index (χ0n) is 27.0. The molecule has 0 radical (unpaired) electrons. The lowest BCUT2D eigenvalue weighted by Gasteiger charge is -2.34. The molecule has 0 heterocycles. The van der Waals surface area contributed by atoms with Crippen LogP contribution in [0.1, 0.15) is 76.1 Å². The van der Waals surface area contributed by atoms with E-state index < -0.39 is 12.1 Å². The molecule has 5 rings (SSSR count). The summed E-state index contributed by atoms with van der Waals surface area (Å²) >= 11 is 0. The Balaban J connectivity index is 1.32. The zero-order chi connectivity index (χ0) is 32.5. The van der Waals surface area contributed by atoms with Crippen LogP contribution >= 0.6 is 0 Å². The van der Waals surface area contributed by atoms with Crippen LogP contribution in [0.3, 0.4) is 0 Å². The number of methoxy groups -OCH3 is 1. The van der Waals surface area contributed by atoms with E-state index in [9.17, 15) is 14.7 Å². The molecule has 7 nitrogen and oxygen atoms in total. The van der Waals surface area contributed by atoms with Crippen LogP contribution in [0.4, 0.5) is 0 Å². The minimum Gasteiger partial charge on any atom is -0.497 e. The van der Waals surface area contributed by atoms with Gasteiger partial charge in [0.15, 0.2) is 0 Å². The smallest absolute Gasteiger partial charge is 0.254 e. The Morgan fingerprint density at radius 3 is 2.22 bits per heavy atom. The lowest BCUT2D eigenvalue weighted by Crippen LogP contribution is -2.52. The summed E-state index contributed by atoms with van der Waals surface area (Å²) in [6.45, 7) is 2.28. The topological polar surface area (TPSA) is 90.9 Å². The van der Waals surface area contributed by atoms with Crippen LogP contribution in [-0.2, 0) is 12.0 Å². The van der Waals surface area contributed by atoms with Crippen LogP contribution in [0.15, 0.2) is 109 Å². The van der Waals surface area contributed by atoms with Gasteiger partial charge in [-0.05, 0) is 73.2 Å². The van der Waals surface area contributed by atoms with Crippen molar-refractivity contribution in [3.8, 4) is 5.75 Å². The summed E-state index contributed by atoms with van der Waals surface area (Å²) in [4.78, 5) is 28.8. The van der Waals surface area contributed by atoms with Crippen molar-refractivity contribution in [3.05, 3.63) is 137 Å². The molecule has 7 heteroatoms. The minimum atomic E-state index is -0.866. The molecule has 1 aliphatic carbocycles. The van der Waals surface area contributed by atoms with E-state index >= 15 is 0 Å². The van der Waals surface area contributed by atoms with Crippen molar-refractivity contribution < 1.29 is 19.4 Å². The molecule has 3 N–H and O–H groups in total. The van der Waals surface area contributed by atoms with Crippen LogP contribution in [0, 0.1) is 0 Å². The van der Waals surface area contributed by atoms with Gasteiger partial charge in [-0.25, -0.2) is 0 Å². The van der Waals surface area contributed by atoms with Crippen molar-refractivity contribution in [3.63, 3.8) is 0 Å². The van der Waals surface area contributed by atoms with E-state index in [0.29, 0.717) is 24.1 Å². The molecule has 0 aromatic heterocycles. The lowest BCUT2D eigenvalue weighted by atomic mass is 9.87. The van der Waals surface area contributed by atoms with Crippen LogP contribution in [0.25, 0.3) is 0 Å². The Bertz CT molecular complexity index is 1590. The summed E-state index contributed by atoms with van der Waals surface area (Å²) in [6.07, 6.45) is 3.70. The largest absolute Gasteiger partial charge is 0.497 e. The van der Waals surface area contributed by atoms with Crippen molar-refractivity contribution in [2.45, 2.75) is 62.8 Å². The van der Waals surface area contributed by atoms with E-state index in [4.69, 9.17) is 4.74 Å². The van der Waals surface area contributed by atoms with Crippen molar-refractivity contribution in [2.75, 3.05) is 20.7 Å². The minimum absolute atomic E-state index is 0.135.